The number of nitro benzene ring substituents is 1. The summed E-state index contributed by atoms with van der Waals surface area (Å²) < 4.78 is 5.24. The minimum atomic E-state index is -0.734. The average Bonchev–Trinajstić information content (AvgIpc) is 2.47. The Bertz CT molecular complexity index is 525. The number of rotatable bonds is 6. The molecule has 0 unspecified atom stereocenters. The molecule has 1 aromatic rings. The lowest BCUT2D eigenvalue weighted by Gasteiger charge is -2.32. The van der Waals surface area contributed by atoms with Crippen LogP contribution >= 0.6 is 0 Å². The third-order valence-electron chi connectivity index (χ3n) is 4.12. The second-order valence-electron chi connectivity index (χ2n) is 6.25. The van der Waals surface area contributed by atoms with Gasteiger partial charge in [0.15, 0.2) is 0 Å². The molecule has 1 aliphatic heterocycles. The Labute approximate surface area is 130 Å². The zero-order valence-corrected chi connectivity index (χ0v) is 13.2. The van der Waals surface area contributed by atoms with Gasteiger partial charge in [-0.15, -0.1) is 0 Å². The van der Waals surface area contributed by atoms with Gasteiger partial charge >= 0.3 is 0 Å². The third kappa shape index (κ3) is 4.25. The van der Waals surface area contributed by atoms with E-state index in [1.54, 1.807) is 6.07 Å². The molecule has 1 saturated heterocycles. The summed E-state index contributed by atoms with van der Waals surface area (Å²) in [5, 5.41) is 24.7. The van der Waals surface area contributed by atoms with Crippen LogP contribution in [0.1, 0.15) is 43.7 Å². The van der Waals surface area contributed by atoms with E-state index in [2.05, 4.69) is 5.32 Å². The molecule has 6 heteroatoms. The van der Waals surface area contributed by atoms with Crippen molar-refractivity contribution in [3.05, 3.63) is 39.4 Å². The Morgan fingerprint density at radius 1 is 1.41 bits per heavy atom. The summed E-state index contributed by atoms with van der Waals surface area (Å²) in [7, 11) is 0. The molecule has 0 aromatic heterocycles. The van der Waals surface area contributed by atoms with Crippen LogP contribution in [-0.4, -0.2) is 35.4 Å². The maximum atomic E-state index is 11.2. The van der Waals surface area contributed by atoms with E-state index in [1.807, 2.05) is 26.0 Å². The van der Waals surface area contributed by atoms with Crippen molar-refractivity contribution in [3.8, 4) is 0 Å². The summed E-state index contributed by atoms with van der Waals surface area (Å²) in [6.45, 7) is 6.01. The predicted molar refractivity (Wildman–Crippen MR) is 83.9 cm³/mol. The molecular formula is C16H24N2O4. The monoisotopic (exact) mass is 308 g/mol. The highest BCUT2D eigenvalue weighted by Crippen LogP contribution is 2.27. The first-order valence-corrected chi connectivity index (χ1v) is 7.69. The molecule has 0 atom stereocenters. The van der Waals surface area contributed by atoms with Crippen LogP contribution in [0.25, 0.3) is 0 Å². The normalized spacial score (nSPS) is 17.6. The standard InChI is InChI=1S/C16H24N2O4/c1-12(2)14-4-3-13(9-15(14)18(20)21)10-17-11-16(19)5-7-22-8-6-16/h3-4,9,12,17,19H,5-8,10-11H2,1-2H3. The number of benzene rings is 1. The van der Waals surface area contributed by atoms with E-state index >= 15 is 0 Å². The van der Waals surface area contributed by atoms with Gasteiger partial charge in [0, 0.05) is 50.8 Å². The van der Waals surface area contributed by atoms with Crippen molar-refractivity contribution >= 4 is 5.69 Å². The molecule has 0 spiro atoms. The molecule has 22 heavy (non-hydrogen) atoms. The lowest BCUT2D eigenvalue weighted by Crippen LogP contribution is -2.44. The zero-order valence-electron chi connectivity index (χ0n) is 13.2. The van der Waals surface area contributed by atoms with Crippen molar-refractivity contribution in [2.24, 2.45) is 0 Å². The number of nitrogens with zero attached hydrogens (tertiary/aromatic N) is 1. The third-order valence-corrected chi connectivity index (χ3v) is 4.12. The van der Waals surface area contributed by atoms with Crippen molar-refractivity contribution in [2.45, 2.75) is 44.8 Å². The van der Waals surface area contributed by atoms with Gasteiger partial charge in [-0.1, -0.05) is 26.0 Å². The van der Waals surface area contributed by atoms with Gasteiger partial charge in [-0.2, -0.15) is 0 Å². The summed E-state index contributed by atoms with van der Waals surface area (Å²) in [4.78, 5) is 10.9. The molecule has 6 nitrogen and oxygen atoms in total. The van der Waals surface area contributed by atoms with Crippen molar-refractivity contribution < 1.29 is 14.8 Å². The molecule has 2 rings (SSSR count). The lowest BCUT2D eigenvalue weighted by molar-refractivity contribution is -0.385. The SMILES string of the molecule is CC(C)c1ccc(CNCC2(O)CCOCC2)cc1[N+](=O)[O-]. The highest BCUT2D eigenvalue weighted by Gasteiger charge is 2.29. The molecule has 0 bridgehead atoms. The number of hydrogen-bond acceptors (Lipinski definition) is 5. The number of aliphatic hydroxyl groups is 1. The number of nitro groups is 1. The second-order valence-corrected chi connectivity index (χ2v) is 6.25. The number of hydrogen-bond donors (Lipinski definition) is 2. The van der Waals surface area contributed by atoms with Crippen LogP contribution in [0.15, 0.2) is 18.2 Å². The highest BCUT2D eigenvalue weighted by molar-refractivity contribution is 5.45. The van der Waals surface area contributed by atoms with Crippen LogP contribution in [0.4, 0.5) is 5.69 Å². The fourth-order valence-electron chi connectivity index (χ4n) is 2.71. The molecule has 1 fully saturated rings. The first-order chi connectivity index (χ1) is 10.4. The van der Waals surface area contributed by atoms with E-state index in [-0.39, 0.29) is 16.5 Å². The van der Waals surface area contributed by atoms with Crippen LogP contribution in [0.5, 0.6) is 0 Å². The fraction of sp³-hybridized carbons (Fsp3) is 0.625. The van der Waals surface area contributed by atoms with Gasteiger partial charge in [0.05, 0.1) is 10.5 Å². The quantitative estimate of drug-likeness (QED) is 0.622. The van der Waals surface area contributed by atoms with Crippen molar-refractivity contribution in [1.82, 2.24) is 5.32 Å². The Balaban J connectivity index is 1.98. The van der Waals surface area contributed by atoms with Gasteiger partial charge in [0.1, 0.15) is 0 Å². The first kappa shape index (κ1) is 16.9. The Morgan fingerprint density at radius 2 is 2.09 bits per heavy atom. The molecule has 0 amide bonds. The molecule has 0 saturated carbocycles. The van der Waals surface area contributed by atoms with Crippen LogP contribution < -0.4 is 5.32 Å². The predicted octanol–water partition coefficient (Wildman–Crippen LogP) is 2.35. The summed E-state index contributed by atoms with van der Waals surface area (Å²) in [6.07, 6.45) is 1.23. The Hall–Kier alpha value is -1.50. The van der Waals surface area contributed by atoms with Crippen molar-refractivity contribution in [1.29, 1.82) is 0 Å². The second kappa shape index (κ2) is 7.17. The molecule has 1 heterocycles. The van der Waals surface area contributed by atoms with Gasteiger partial charge < -0.3 is 15.2 Å². The van der Waals surface area contributed by atoms with E-state index < -0.39 is 5.60 Å². The van der Waals surface area contributed by atoms with Crippen LogP contribution in [-0.2, 0) is 11.3 Å². The van der Waals surface area contributed by atoms with Crippen molar-refractivity contribution in [2.75, 3.05) is 19.8 Å². The minimum Gasteiger partial charge on any atom is -0.388 e. The lowest BCUT2D eigenvalue weighted by atomic mass is 9.94. The topological polar surface area (TPSA) is 84.6 Å². The molecule has 2 N–H and O–H groups in total. The number of nitrogens with one attached hydrogen (secondary N) is 1. The maximum Gasteiger partial charge on any atom is 0.273 e. The van der Waals surface area contributed by atoms with E-state index in [1.165, 1.54) is 0 Å². The molecule has 1 aromatic carbocycles. The van der Waals surface area contributed by atoms with Crippen LogP contribution in [0.2, 0.25) is 0 Å². The minimum absolute atomic E-state index is 0.116. The van der Waals surface area contributed by atoms with E-state index in [9.17, 15) is 15.2 Å². The molecule has 0 aliphatic carbocycles. The van der Waals surface area contributed by atoms with E-state index in [4.69, 9.17) is 4.74 Å². The van der Waals surface area contributed by atoms with Gasteiger partial charge in [-0.3, -0.25) is 10.1 Å². The summed E-state index contributed by atoms with van der Waals surface area (Å²) in [6, 6.07) is 5.35. The zero-order chi connectivity index (χ0) is 16.2. The maximum absolute atomic E-state index is 11.2. The Morgan fingerprint density at radius 3 is 2.68 bits per heavy atom. The molecule has 122 valence electrons. The molecular weight excluding hydrogens is 284 g/mol. The van der Waals surface area contributed by atoms with Gasteiger partial charge in [-0.05, 0) is 11.5 Å². The van der Waals surface area contributed by atoms with E-state index in [0.29, 0.717) is 39.1 Å². The average molecular weight is 308 g/mol. The molecule has 0 radical (unpaired) electrons. The summed E-state index contributed by atoms with van der Waals surface area (Å²) in [5.41, 5.74) is 1.03. The number of ether oxygens (including phenoxy) is 1. The smallest absolute Gasteiger partial charge is 0.273 e. The van der Waals surface area contributed by atoms with Gasteiger partial charge in [-0.25, -0.2) is 0 Å². The van der Waals surface area contributed by atoms with Crippen LogP contribution in [0, 0.1) is 10.1 Å². The fourth-order valence-corrected chi connectivity index (χ4v) is 2.71. The first-order valence-electron chi connectivity index (χ1n) is 7.69. The summed E-state index contributed by atoms with van der Waals surface area (Å²) in [5.74, 6) is 0.116. The summed E-state index contributed by atoms with van der Waals surface area (Å²) >= 11 is 0. The highest BCUT2D eigenvalue weighted by atomic mass is 16.6. The van der Waals surface area contributed by atoms with E-state index in [0.717, 1.165) is 11.1 Å². The Kier molecular flexibility index (Phi) is 5.50. The van der Waals surface area contributed by atoms with Crippen molar-refractivity contribution in [3.63, 3.8) is 0 Å². The largest absolute Gasteiger partial charge is 0.388 e. The van der Waals surface area contributed by atoms with Gasteiger partial charge in [0.2, 0.25) is 0 Å². The molecule has 1 aliphatic rings. The van der Waals surface area contributed by atoms with Gasteiger partial charge in [0.25, 0.3) is 5.69 Å². The van der Waals surface area contributed by atoms with Crippen LogP contribution in [0.3, 0.4) is 0 Å².